The molecule has 0 aliphatic carbocycles. The number of aliphatic carboxylic acids is 1. The molecule has 1 aromatic carbocycles. The topological polar surface area (TPSA) is 63.3 Å². The van der Waals surface area contributed by atoms with Crippen molar-refractivity contribution in [2.75, 3.05) is 0 Å². The number of halogens is 1. The van der Waals surface area contributed by atoms with Crippen molar-refractivity contribution >= 4 is 23.8 Å². The molecule has 1 aromatic heterocycles. The highest BCUT2D eigenvalue weighted by Crippen LogP contribution is 2.25. The van der Waals surface area contributed by atoms with Gasteiger partial charge in [0.25, 0.3) is 5.22 Å². The Hall–Kier alpha value is -2.08. The lowest BCUT2D eigenvalue weighted by Gasteiger charge is -2.02. The summed E-state index contributed by atoms with van der Waals surface area (Å²) in [5.41, 5.74) is 1.96. The number of aromatic nitrogens is 1. The fourth-order valence-corrected chi connectivity index (χ4v) is 2.48. The van der Waals surface area contributed by atoms with E-state index in [-0.39, 0.29) is 5.56 Å². The molecule has 0 bridgehead atoms. The second-order valence-electron chi connectivity index (χ2n) is 4.44. The predicted octanol–water partition coefficient (Wildman–Crippen LogP) is 3.82. The Bertz CT molecular complexity index is 675. The van der Waals surface area contributed by atoms with E-state index in [1.54, 1.807) is 12.1 Å². The Morgan fingerprint density at radius 2 is 2.24 bits per heavy atom. The van der Waals surface area contributed by atoms with E-state index in [2.05, 4.69) is 4.98 Å². The van der Waals surface area contributed by atoms with Gasteiger partial charge in [-0.25, -0.2) is 14.2 Å². The van der Waals surface area contributed by atoms with Gasteiger partial charge in [-0.1, -0.05) is 17.8 Å². The van der Waals surface area contributed by atoms with Crippen LogP contribution in [0.15, 0.2) is 33.9 Å². The summed E-state index contributed by atoms with van der Waals surface area (Å²) >= 11 is 1.41. The zero-order valence-corrected chi connectivity index (χ0v) is 12.4. The highest BCUT2D eigenvalue weighted by molar-refractivity contribution is 7.98. The Labute approximate surface area is 125 Å². The normalized spacial score (nSPS) is 11.2. The monoisotopic (exact) mass is 307 g/mol. The third-order valence-electron chi connectivity index (χ3n) is 2.84. The van der Waals surface area contributed by atoms with Gasteiger partial charge in [0.1, 0.15) is 11.6 Å². The molecule has 1 heterocycles. The van der Waals surface area contributed by atoms with Crippen LogP contribution in [0.25, 0.3) is 6.08 Å². The quantitative estimate of drug-likeness (QED) is 0.672. The minimum absolute atomic E-state index is 0.246. The SMILES string of the molecule is Cc1nc(SCc2ccc(F)c(/C=C/C(=O)O)c2)oc1C. The number of carbonyl (C=O) groups is 1. The second-order valence-corrected chi connectivity index (χ2v) is 5.36. The smallest absolute Gasteiger partial charge is 0.328 e. The summed E-state index contributed by atoms with van der Waals surface area (Å²) in [5.74, 6) is -0.223. The molecule has 0 saturated carbocycles. The highest BCUT2D eigenvalue weighted by Gasteiger charge is 2.07. The average Bonchev–Trinajstić information content (AvgIpc) is 2.75. The molecular formula is C15H14FNO3S. The standard InChI is InChI=1S/C15H14FNO3S/c1-9-10(2)20-15(17-9)21-8-11-3-5-13(16)12(7-11)4-6-14(18)19/h3-7H,8H2,1-2H3,(H,18,19)/b6-4+. The van der Waals surface area contributed by atoms with Gasteiger partial charge < -0.3 is 9.52 Å². The lowest BCUT2D eigenvalue weighted by Crippen LogP contribution is -1.90. The number of rotatable bonds is 5. The fourth-order valence-electron chi connectivity index (χ4n) is 1.62. The number of thioether (sulfide) groups is 1. The number of hydrogen-bond donors (Lipinski definition) is 1. The average molecular weight is 307 g/mol. The Morgan fingerprint density at radius 1 is 1.48 bits per heavy atom. The van der Waals surface area contributed by atoms with Gasteiger partial charge in [0.15, 0.2) is 0 Å². The second kappa shape index (κ2) is 6.58. The molecule has 110 valence electrons. The minimum Gasteiger partial charge on any atom is -0.478 e. The Balaban J connectivity index is 2.10. The number of nitrogens with zero attached hydrogens (tertiary/aromatic N) is 1. The van der Waals surface area contributed by atoms with Crippen LogP contribution in [0.1, 0.15) is 22.6 Å². The number of benzene rings is 1. The number of hydrogen-bond acceptors (Lipinski definition) is 4. The van der Waals surface area contributed by atoms with E-state index >= 15 is 0 Å². The van der Waals surface area contributed by atoms with Crippen molar-refractivity contribution in [3.8, 4) is 0 Å². The van der Waals surface area contributed by atoms with Crippen LogP contribution in [-0.2, 0) is 10.5 Å². The highest BCUT2D eigenvalue weighted by atomic mass is 32.2. The van der Waals surface area contributed by atoms with Gasteiger partial charge in [0.05, 0.1) is 5.69 Å². The zero-order chi connectivity index (χ0) is 15.4. The summed E-state index contributed by atoms with van der Waals surface area (Å²) in [4.78, 5) is 14.7. The van der Waals surface area contributed by atoms with Gasteiger partial charge in [-0.2, -0.15) is 0 Å². The molecule has 0 amide bonds. The fraction of sp³-hybridized carbons (Fsp3) is 0.200. The third-order valence-corrected chi connectivity index (χ3v) is 3.74. The maximum absolute atomic E-state index is 13.6. The molecular weight excluding hydrogens is 293 g/mol. The summed E-state index contributed by atoms with van der Waals surface area (Å²) in [6.45, 7) is 3.72. The number of carboxylic acid groups (broad SMARTS) is 1. The predicted molar refractivity (Wildman–Crippen MR) is 78.6 cm³/mol. The van der Waals surface area contributed by atoms with Crippen molar-refractivity contribution in [2.24, 2.45) is 0 Å². The molecule has 21 heavy (non-hydrogen) atoms. The molecule has 0 radical (unpaired) electrons. The summed E-state index contributed by atoms with van der Waals surface area (Å²) in [6.07, 6.45) is 2.15. The zero-order valence-electron chi connectivity index (χ0n) is 11.6. The number of carboxylic acids is 1. The summed E-state index contributed by atoms with van der Waals surface area (Å²) in [6, 6.07) is 4.59. The van der Waals surface area contributed by atoms with Crippen molar-refractivity contribution in [2.45, 2.75) is 24.8 Å². The largest absolute Gasteiger partial charge is 0.478 e. The molecule has 4 nitrogen and oxygen atoms in total. The molecule has 0 aliphatic heterocycles. The van der Waals surface area contributed by atoms with Gasteiger partial charge in [-0.05, 0) is 37.6 Å². The first kappa shape index (κ1) is 15.3. The van der Waals surface area contributed by atoms with Crippen LogP contribution in [0.3, 0.4) is 0 Å². The van der Waals surface area contributed by atoms with Gasteiger partial charge in [-0.15, -0.1) is 0 Å². The lowest BCUT2D eigenvalue weighted by atomic mass is 10.1. The first-order chi connectivity index (χ1) is 9.95. The van der Waals surface area contributed by atoms with Crippen molar-refractivity contribution < 1.29 is 18.7 Å². The number of aryl methyl sites for hydroxylation is 2. The van der Waals surface area contributed by atoms with Crippen LogP contribution >= 0.6 is 11.8 Å². The van der Waals surface area contributed by atoms with Crippen LogP contribution < -0.4 is 0 Å². The molecule has 0 spiro atoms. The summed E-state index contributed by atoms with van der Waals surface area (Å²) in [5, 5.41) is 9.15. The van der Waals surface area contributed by atoms with Crippen LogP contribution in [0.5, 0.6) is 0 Å². The molecule has 0 unspecified atom stereocenters. The van der Waals surface area contributed by atoms with E-state index in [0.717, 1.165) is 23.1 Å². The van der Waals surface area contributed by atoms with Crippen molar-refractivity contribution in [1.82, 2.24) is 4.98 Å². The summed E-state index contributed by atoms with van der Waals surface area (Å²) in [7, 11) is 0. The van der Waals surface area contributed by atoms with Crippen LogP contribution in [0.2, 0.25) is 0 Å². The van der Waals surface area contributed by atoms with Gasteiger partial charge >= 0.3 is 5.97 Å². The molecule has 0 fully saturated rings. The maximum atomic E-state index is 13.6. The van der Waals surface area contributed by atoms with Crippen LogP contribution in [-0.4, -0.2) is 16.1 Å². The van der Waals surface area contributed by atoms with E-state index < -0.39 is 11.8 Å². The minimum atomic E-state index is -1.11. The molecule has 0 atom stereocenters. The van der Waals surface area contributed by atoms with E-state index in [1.165, 1.54) is 23.9 Å². The third kappa shape index (κ3) is 4.19. The van der Waals surface area contributed by atoms with E-state index in [0.29, 0.717) is 11.0 Å². The summed E-state index contributed by atoms with van der Waals surface area (Å²) < 4.78 is 19.0. The van der Waals surface area contributed by atoms with Gasteiger partial charge in [-0.3, -0.25) is 0 Å². The first-order valence-electron chi connectivity index (χ1n) is 6.22. The Morgan fingerprint density at radius 3 is 2.86 bits per heavy atom. The van der Waals surface area contributed by atoms with E-state index in [9.17, 15) is 9.18 Å². The molecule has 1 N–H and O–H groups in total. The van der Waals surface area contributed by atoms with Crippen molar-refractivity contribution in [1.29, 1.82) is 0 Å². The molecule has 0 aliphatic rings. The van der Waals surface area contributed by atoms with Crippen molar-refractivity contribution in [3.63, 3.8) is 0 Å². The van der Waals surface area contributed by atoms with E-state index in [4.69, 9.17) is 9.52 Å². The van der Waals surface area contributed by atoms with Gasteiger partial charge in [0, 0.05) is 17.4 Å². The van der Waals surface area contributed by atoms with E-state index in [1.807, 2.05) is 13.8 Å². The maximum Gasteiger partial charge on any atom is 0.328 e. The van der Waals surface area contributed by atoms with Gasteiger partial charge in [0.2, 0.25) is 0 Å². The molecule has 6 heteroatoms. The first-order valence-corrected chi connectivity index (χ1v) is 7.20. The number of oxazole rings is 1. The lowest BCUT2D eigenvalue weighted by molar-refractivity contribution is -0.131. The molecule has 0 saturated heterocycles. The molecule has 2 aromatic rings. The van der Waals surface area contributed by atoms with Crippen molar-refractivity contribution in [3.05, 3.63) is 52.7 Å². The van der Waals surface area contributed by atoms with Crippen LogP contribution in [0, 0.1) is 19.7 Å². The van der Waals surface area contributed by atoms with Crippen LogP contribution in [0.4, 0.5) is 4.39 Å². The Kier molecular flexibility index (Phi) is 4.80. The molecule has 2 rings (SSSR count).